The van der Waals surface area contributed by atoms with Crippen molar-refractivity contribution in [1.82, 2.24) is 10.5 Å². The first-order chi connectivity index (χ1) is 10.5. The molecule has 1 atom stereocenters. The number of carbonyl (C=O) groups is 1. The van der Waals surface area contributed by atoms with Gasteiger partial charge in [0.2, 0.25) is 0 Å². The van der Waals surface area contributed by atoms with Gasteiger partial charge in [-0.2, -0.15) is 0 Å². The van der Waals surface area contributed by atoms with Crippen LogP contribution in [-0.4, -0.2) is 23.7 Å². The summed E-state index contributed by atoms with van der Waals surface area (Å²) in [6, 6.07) is 10.1. The molecule has 0 fully saturated rings. The van der Waals surface area contributed by atoms with Crippen LogP contribution in [-0.2, 0) is 0 Å². The Hall–Kier alpha value is -2.30. The third-order valence-electron chi connectivity index (χ3n) is 3.67. The molecule has 22 heavy (non-hydrogen) atoms. The van der Waals surface area contributed by atoms with E-state index in [0.717, 1.165) is 5.69 Å². The van der Waals surface area contributed by atoms with Crippen molar-refractivity contribution in [3.8, 4) is 0 Å². The second-order valence-electron chi connectivity index (χ2n) is 5.77. The number of para-hydroxylation sites is 1. The molecular formula is C17H23N3O2. The monoisotopic (exact) mass is 301 g/mol. The normalized spacial score (nSPS) is 12.2. The maximum atomic E-state index is 12.3. The van der Waals surface area contributed by atoms with Crippen LogP contribution in [0.3, 0.4) is 0 Å². The molecule has 5 heteroatoms. The number of rotatable bonds is 6. The first kappa shape index (κ1) is 16.1. The maximum absolute atomic E-state index is 12.3. The van der Waals surface area contributed by atoms with Gasteiger partial charge < -0.3 is 15.2 Å². The first-order valence-corrected chi connectivity index (χ1v) is 7.51. The standard InChI is InChI=1S/C17H23N3O2/c1-11(2)15(19-14-8-6-5-7-9-14)10-18-17(21)16-12(3)20-22-13(16)4/h5-9,11,15,19H,10H2,1-4H3,(H,18,21). The largest absolute Gasteiger partial charge is 0.380 e. The van der Waals surface area contributed by atoms with Crippen LogP contribution in [0.25, 0.3) is 0 Å². The predicted octanol–water partition coefficient (Wildman–Crippen LogP) is 3.16. The van der Waals surface area contributed by atoms with Gasteiger partial charge in [-0.1, -0.05) is 37.2 Å². The first-order valence-electron chi connectivity index (χ1n) is 7.51. The third kappa shape index (κ3) is 3.87. The van der Waals surface area contributed by atoms with Gasteiger partial charge in [-0.3, -0.25) is 4.79 Å². The molecule has 2 N–H and O–H groups in total. The van der Waals surface area contributed by atoms with Crippen LogP contribution < -0.4 is 10.6 Å². The molecule has 2 aromatic rings. The second-order valence-corrected chi connectivity index (χ2v) is 5.77. The van der Waals surface area contributed by atoms with Crippen molar-refractivity contribution in [3.05, 3.63) is 47.3 Å². The Balaban J connectivity index is 1.99. The van der Waals surface area contributed by atoms with E-state index in [9.17, 15) is 4.79 Å². The van der Waals surface area contributed by atoms with E-state index in [1.54, 1.807) is 13.8 Å². The van der Waals surface area contributed by atoms with Crippen molar-refractivity contribution >= 4 is 11.6 Å². The molecule has 0 saturated heterocycles. The number of hydrogen-bond acceptors (Lipinski definition) is 4. The minimum Gasteiger partial charge on any atom is -0.380 e. The molecule has 1 aromatic heterocycles. The lowest BCUT2D eigenvalue weighted by Gasteiger charge is -2.24. The number of hydrogen-bond donors (Lipinski definition) is 2. The Morgan fingerprint density at radius 2 is 1.91 bits per heavy atom. The number of amides is 1. The van der Waals surface area contributed by atoms with Gasteiger partial charge in [0.25, 0.3) is 5.91 Å². The molecule has 118 valence electrons. The summed E-state index contributed by atoms with van der Waals surface area (Å²) in [5, 5.41) is 10.2. The summed E-state index contributed by atoms with van der Waals surface area (Å²) in [4.78, 5) is 12.3. The minimum absolute atomic E-state index is 0.142. The molecule has 5 nitrogen and oxygen atoms in total. The number of nitrogens with zero attached hydrogens (tertiary/aromatic N) is 1. The average Bonchev–Trinajstić information content (AvgIpc) is 2.83. The zero-order valence-corrected chi connectivity index (χ0v) is 13.5. The fourth-order valence-corrected chi connectivity index (χ4v) is 2.30. The van der Waals surface area contributed by atoms with E-state index in [1.165, 1.54) is 0 Å². The highest BCUT2D eigenvalue weighted by Crippen LogP contribution is 2.14. The van der Waals surface area contributed by atoms with Gasteiger partial charge in [-0.25, -0.2) is 0 Å². The van der Waals surface area contributed by atoms with E-state index in [1.807, 2.05) is 30.3 Å². The summed E-state index contributed by atoms with van der Waals surface area (Å²) in [5.74, 6) is 0.786. The summed E-state index contributed by atoms with van der Waals surface area (Å²) in [5.41, 5.74) is 2.20. The molecule has 1 amide bonds. The molecule has 0 aliphatic carbocycles. The lowest BCUT2D eigenvalue weighted by molar-refractivity contribution is 0.0948. The molecule has 1 unspecified atom stereocenters. The van der Waals surface area contributed by atoms with E-state index < -0.39 is 0 Å². The van der Waals surface area contributed by atoms with Crippen molar-refractivity contribution in [3.63, 3.8) is 0 Å². The summed E-state index contributed by atoms with van der Waals surface area (Å²) >= 11 is 0. The molecule has 0 saturated carbocycles. The van der Waals surface area contributed by atoms with Crippen molar-refractivity contribution in [2.75, 3.05) is 11.9 Å². The molecule has 0 bridgehead atoms. The van der Waals surface area contributed by atoms with E-state index in [-0.39, 0.29) is 11.9 Å². The number of aromatic nitrogens is 1. The van der Waals surface area contributed by atoms with Gasteiger partial charge in [0.05, 0.1) is 5.69 Å². The Kier molecular flexibility index (Phi) is 5.20. The molecule has 0 spiro atoms. The Morgan fingerprint density at radius 3 is 2.45 bits per heavy atom. The van der Waals surface area contributed by atoms with Crippen LogP contribution in [0.1, 0.15) is 35.7 Å². The molecule has 0 aliphatic heterocycles. The Morgan fingerprint density at radius 1 is 1.23 bits per heavy atom. The minimum atomic E-state index is -0.142. The van der Waals surface area contributed by atoms with Crippen molar-refractivity contribution in [2.45, 2.75) is 33.7 Å². The van der Waals surface area contributed by atoms with E-state index in [0.29, 0.717) is 29.5 Å². The van der Waals surface area contributed by atoms with Gasteiger partial charge in [-0.15, -0.1) is 0 Å². The van der Waals surface area contributed by atoms with Crippen LogP contribution >= 0.6 is 0 Å². The summed E-state index contributed by atoms with van der Waals surface area (Å²) in [6.45, 7) is 8.31. The van der Waals surface area contributed by atoms with Gasteiger partial charge in [0.1, 0.15) is 11.3 Å². The molecule has 0 aliphatic rings. The lowest BCUT2D eigenvalue weighted by Crippen LogP contribution is -2.39. The van der Waals surface area contributed by atoms with Crippen LogP contribution in [0.4, 0.5) is 5.69 Å². The van der Waals surface area contributed by atoms with Crippen LogP contribution in [0.15, 0.2) is 34.9 Å². The fourth-order valence-electron chi connectivity index (χ4n) is 2.30. The van der Waals surface area contributed by atoms with Crippen molar-refractivity contribution in [2.24, 2.45) is 5.92 Å². The molecular weight excluding hydrogens is 278 g/mol. The number of carbonyl (C=O) groups excluding carboxylic acids is 1. The van der Waals surface area contributed by atoms with Crippen molar-refractivity contribution in [1.29, 1.82) is 0 Å². The molecule has 2 rings (SSSR count). The quantitative estimate of drug-likeness (QED) is 0.860. The van der Waals surface area contributed by atoms with Crippen LogP contribution in [0.2, 0.25) is 0 Å². The maximum Gasteiger partial charge on any atom is 0.256 e. The topological polar surface area (TPSA) is 67.2 Å². The van der Waals surface area contributed by atoms with Gasteiger partial charge in [-0.05, 0) is 31.9 Å². The van der Waals surface area contributed by atoms with Gasteiger partial charge >= 0.3 is 0 Å². The van der Waals surface area contributed by atoms with Gasteiger partial charge in [0, 0.05) is 18.3 Å². The molecule has 1 aromatic carbocycles. The Bertz CT molecular complexity index is 601. The van der Waals surface area contributed by atoms with Crippen molar-refractivity contribution < 1.29 is 9.32 Å². The zero-order valence-electron chi connectivity index (χ0n) is 13.5. The highest BCUT2D eigenvalue weighted by atomic mass is 16.5. The predicted molar refractivity (Wildman–Crippen MR) is 87.0 cm³/mol. The van der Waals surface area contributed by atoms with E-state index in [2.05, 4.69) is 29.6 Å². The zero-order chi connectivity index (χ0) is 16.1. The SMILES string of the molecule is Cc1noc(C)c1C(=O)NCC(Nc1ccccc1)C(C)C. The second kappa shape index (κ2) is 7.11. The number of nitrogens with one attached hydrogen (secondary N) is 2. The Labute approximate surface area is 131 Å². The summed E-state index contributed by atoms with van der Waals surface area (Å²) < 4.78 is 5.04. The fraction of sp³-hybridized carbons (Fsp3) is 0.412. The molecule has 1 heterocycles. The summed E-state index contributed by atoms with van der Waals surface area (Å²) in [6.07, 6.45) is 0. The van der Waals surface area contributed by atoms with Crippen LogP contribution in [0, 0.1) is 19.8 Å². The average molecular weight is 301 g/mol. The highest BCUT2D eigenvalue weighted by Gasteiger charge is 2.20. The smallest absolute Gasteiger partial charge is 0.256 e. The van der Waals surface area contributed by atoms with Crippen LogP contribution in [0.5, 0.6) is 0 Å². The lowest BCUT2D eigenvalue weighted by atomic mass is 10.0. The number of benzene rings is 1. The third-order valence-corrected chi connectivity index (χ3v) is 3.67. The number of aryl methyl sites for hydroxylation is 2. The van der Waals surface area contributed by atoms with E-state index in [4.69, 9.17) is 4.52 Å². The number of anilines is 1. The molecule has 0 radical (unpaired) electrons. The van der Waals surface area contributed by atoms with Gasteiger partial charge in [0.15, 0.2) is 0 Å². The van der Waals surface area contributed by atoms with E-state index >= 15 is 0 Å². The highest BCUT2D eigenvalue weighted by molar-refractivity contribution is 5.96. The summed E-state index contributed by atoms with van der Waals surface area (Å²) in [7, 11) is 0.